The fourth-order valence-corrected chi connectivity index (χ4v) is 6.44. The van der Waals surface area contributed by atoms with E-state index in [-0.39, 0.29) is 23.0 Å². The zero-order valence-corrected chi connectivity index (χ0v) is 31.3. The first kappa shape index (κ1) is 37.8. The molecule has 13 nitrogen and oxygen atoms in total. The number of sulfonamides is 1. The molecule has 5 aromatic rings. The average molecular weight is 747 g/mol. The summed E-state index contributed by atoms with van der Waals surface area (Å²) in [5.41, 5.74) is 2.96. The molecule has 0 saturated carbocycles. The summed E-state index contributed by atoms with van der Waals surface area (Å²) in [5.74, 6) is 2.34. The van der Waals surface area contributed by atoms with Gasteiger partial charge in [-0.15, -0.1) is 0 Å². The second-order valence-corrected chi connectivity index (χ2v) is 15.8. The first-order chi connectivity index (χ1) is 24.6. The number of aromatic nitrogens is 1. The number of pyridine rings is 1. The van der Waals surface area contributed by atoms with Gasteiger partial charge in [0, 0.05) is 41.2 Å². The van der Waals surface area contributed by atoms with Crippen LogP contribution < -0.4 is 34.9 Å². The summed E-state index contributed by atoms with van der Waals surface area (Å²) in [7, 11) is -2.93. The fourth-order valence-electron chi connectivity index (χ4n) is 5.46. The van der Waals surface area contributed by atoms with E-state index in [1.54, 1.807) is 55.8 Å². The SMILES string of the molecule is COc1cc(Nc2cc(Oc3ccc(NC(=O)Nc4cc(C(C)(C)C)cc(NS(C)(=O)=O)c4OC)c4ccccc34)ccn2)ccc1CC[P+](=O)O. The predicted molar refractivity (Wildman–Crippen MR) is 206 cm³/mol. The van der Waals surface area contributed by atoms with Crippen LogP contribution in [0.4, 0.5) is 33.4 Å². The van der Waals surface area contributed by atoms with E-state index < -0.39 is 24.1 Å². The molecule has 1 heterocycles. The molecule has 0 radical (unpaired) electrons. The molecule has 0 aliphatic rings. The Morgan fingerprint density at radius 2 is 1.58 bits per heavy atom. The molecule has 0 bridgehead atoms. The number of rotatable bonds is 13. The van der Waals surface area contributed by atoms with Gasteiger partial charge in [0.05, 0.1) is 37.5 Å². The van der Waals surface area contributed by atoms with Crippen LogP contribution in [0.25, 0.3) is 10.8 Å². The molecule has 0 aliphatic heterocycles. The minimum absolute atomic E-state index is 0.146. The number of hydrogen-bond acceptors (Lipinski definition) is 9. The van der Waals surface area contributed by atoms with E-state index in [4.69, 9.17) is 14.2 Å². The number of urea groups is 1. The lowest BCUT2D eigenvalue weighted by Gasteiger charge is -2.24. The van der Waals surface area contributed by atoms with Crippen molar-refractivity contribution in [3.8, 4) is 23.0 Å². The molecule has 1 atom stereocenters. The minimum Gasteiger partial charge on any atom is -0.496 e. The maximum Gasteiger partial charge on any atom is 0.505 e. The van der Waals surface area contributed by atoms with Crippen molar-refractivity contribution < 1.29 is 36.9 Å². The van der Waals surface area contributed by atoms with Crippen LogP contribution in [0.15, 0.2) is 85.1 Å². The largest absolute Gasteiger partial charge is 0.505 e. The number of aryl methyl sites for hydroxylation is 1. The van der Waals surface area contributed by atoms with E-state index >= 15 is 0 Å². The zero-order valence-electron chi connectivity index (χ0n) is 29.6. The molecule has 1 aromatic heterocycles. The third-order valence-corrected chi connectivity index (χ3v) is 9.12. The van der Waals surface area contributed by atoms with Crippen molar-refractivity contribution in [2.45, 2.75) is 32.6 Å². The Hall–Kier alpha value is -5.43. The molecule has 0 fully saturated rings. The number of anilines is 5. The highest BCUT2D eigenvalue weighted by molar-refractivity contribution is 7.92. The van der Waals surface area contributed by atoms with E-state index in [0.717, 1.165) is 28.2 Å². The fraction of sp³-hybridized carbons (Fsp3) is 0.243. The number of hydrogen-bond donors (Lipinski definition) is 5. The minimum atomic E-state index is -3.64. The normalized spacial score (nSPS) is 11.8. The molecule has 5 rings (SSSR count). The molecule has 1 unspecified atom stereocenters. The number of amides is 2. The van der Waals surface area contributed by atoms with Crippen molar-refractivity contribution in [2.24, 2.45) is 0 Å². The molecule has 2 amide bonds. The number of nitrogens with one attached hydrogen (secondary N) is 4. The van der Waals surface area contributed by atoms with Crippen molar-refractivity contribution >= 4 is 63.4 Å². The van der Waals surface area contributed by atoms with E-state index in [1.807, 2.05) is 57.2 Å². The quantitative estimate of drug-likeness (QED) is 0.0736. The lowest BCUT2D eigenvalue weighted by molar-refractivity contribution is 0.262. The van der Waals surface area contributed by atoms with Gasteiger partial charge in [-0.05, 0) is 57.5 Å². The summed E-state index contributed by atoms with van der Waals surface area (Å²) in [6, 6.07) is 22.8. The second kappa shape index (κ2) is 15.9. The van der Waals surface area contributed by atoms with Gasteiger partial charge in [-0.1, -0.05) is 51.1 Å². The maximum absolute atomic E-state index is 13.4. The smallest absolute Gasteiger partial charge is 0.496 e. The number of nitrogens with zero attached hydrogens (tertiary/aromatic N) is 1. The lowest BCUT2D eigenvalue weighted by Crippen LogP contribution is -2.22. The summed E-state index contributed by atoms with van der Waals surface area (Å²) >= 11 is 0. The maximum atomic E-state index is 13.4. The Balaban J connectivity index is 1.36. The molecule has 0 spiro atoms. The predicted octanol–water partition coefficient (Wildman–Crippen LogP) is 8.38. The van der Waals surface area contributed by atoms with E-state index in [9.17, 15) is 22.7 Å². The van der Waals surface area contributed by atoms with Crippen LogP contribution >= 0.6 is 8.03 Å². The Bertz CT molecular complexity index is 2240. The average Bonchev–Trinajstić information content (AvgIpc) is 3.07. The van der Waals surface area contributed by atoms with Crippen LogP contribution in [-0.2, 0) is 26.4 Å². The van der Waals surface area contributed by atoms with Crippen LogP contribution in [0.2, 0.25) is 0 Å². The van der Waals surface area contributed by atoms with Gasteiger partial charge >= 0.3 is 14.1 Å². The van der Waals surface area contributed by atoms with Crippen molar-refractivity contribution in [3.05, 3.63) is 96.2 Å². The second-order valence-electron chi connectivity index (χ2n) is 12.9. The van der Waals surface area contributed by atoms with Crippen LogP contribution in [0.3, 0.4) is 0 Å². The van der Waals surface area contributed by atoms with Crippen LogP contribution in [0.1, 0.15) is 31.9 Å². The zero-order chi connectivity index (χ0) is 37.6. The van der Waals surface area contributed by atoms with E-state index in [0.29, 0.717) is 46.5 Å². The molecule has 0 saturated heterocycles. The number of fused-ring (bicyclic) bond motifs is 1. The number of ether oxygens (including phenoxy) is 3. The van der Waals surface area contributed by atoms with Gasteiger partial charge in [0.15, 0.2) is 11.9 Å². The first-order valence-electron chi connectivity index (χ1n) is 16.1. The molecule has 272 valence electrons. The molecule has 4 aromatic carbocycles. The van der Waals surface area contributed by atoms with Crippen LogP contribution in [-0.4, -0.2) is 51.0 Å². The molecule has 15 heteroatoms. The summed E-state index contributed by atoms with van der Waals surface area (Å²) < 4.78 is 55.3. The Morgan fingerprint density at radius 1 is 0.865 bits per heavy atom. The number of carbonyl (C=O) groups is 1. The Labute approximate surface area is 303 Å². The van der Waals surface area contributed by atoms with Crippen molar-refractivity contribution in [2.75, 3.05) is 47.3 Å². The highest BCUT2D eigenvalue weighted by Crippen LogP contribution is 2.40. The van der Waals surface area contributed by atoms with Crippen LogP contribution in [0.5, 0.6) is 23.0 Å². The van der Waals surface area contributed by atoms with Gasteiger partial charge in [0.2, 0.25) is 10.0 Å². The highest BCUT2D eigenvalue weighted by atomic mass is 32.2. The van der Waals surface area contributed by atoms with Gasteiger partial charge in [-0.3, -0.25) is 4.72 Å². The van der Waals surface area contributed by atoms with Crippen molar-refractivity contribution in [1.29, 1.82) is 0 Å². The van der Waals surface area contributed by atoms with Gasteiger partial charge in [-0.2, -0.15) is 4.89 Å². The third-order valence-electron chi connectivity index (χ3n) is 7.93. The van der Waals surface area contributed by atoms with Crippen molar-refractivity contribution in [1.82, 2.24) is 4.98 Å². The van der Waals surface area contributed by atoms with Gasteiger partial charge in [-0.25, -0.2) is 18.2 Å². The third kappa shape index (κ3) is 9.66. The molecular weight excluding hydrogens is 705 g/mol. The molecule has 0 aliphatic carbocycles. The molecular formula is C37H41N5O8PS+. The first-order valence-corrected chi connectivity index (χ1v) is 19.4. The number of carbonyl (C=O) groups excluding carboxylic acids is 1. The highest BCUT2D eigenvalue weighted by Gasteiger charge is 2.23. The molecule has 5 N–H and O–H groups in total. The Morgan fingerprint density at radius 3 is 2.25 bits per heavy atom. The van der Waals surface area contributed by atoms with E-state index in [1.165, 1.54) is 7.11 Å². The monoisotopic (exact) mass is 746 g/mol. The van der Waals surface area contributed by atoms with Gasteiger partial charge in [0.1, 0.15) is 23.1 Å². The lowest BCUT2D eigenvalue weighted by atomic mass is 9.86. The molecule has 52 heavy (non-hydrogen) atoms. The summed E-state index contributed by atoms with van der Waals surface area (Å²) in [5, 5.41) is 10.4. The van der Waals surface area contributed by atoms with Gasteiger partial charge in [0.25, 0.3) is 0 Å². The number of methoxy groups -OCH3 is 2. The van der Waals surface area contributed by atoms with E-state index in [2.05, 4.69) is 25.7 Å². The van der Waals surface area contributed by atoms with Crippen molar-refractivity contribution in [3.63, 3.8) is 0 Å². The van der Waals surface area contributed by atoms with Gasteiger partial charge < -0.3 is 30.2 Å². The Kier molecular flexibility index (Phi) is 11.5. The summed E-state index contributed by atoms with van der Waals surface area (Å²) in [6.45, 7) is 5.94. The standard InChI is InChI=1S/C37H40N5O8PS/c1-37(2,3)24-19-30(35(49-5)31(20-24)42-52(6,46)47)41-36(43)40-29-13-14-32(28-10-8-7-9-27(28)29)50-26-15-17-38-34(22-26)39-25-12-11-23(16-18-51(44)45)33(21-25)48-4/h7-15,17,19-22,42H,16,18H2,1-6H3,(H3-,38,39,40,41,43,44,45)/p+1. The summed E-state index contributed by atoms with van der Waals surface area (Å²) in [6.07, 6.45) is 3.22. The number of benzene rings is 4. The topological polar surface area (TPSA) is 177 Å². The van der Waals surface area contributed by atoms with Crippen LogP contribution in [0, 0.1) is 0 Å². The summed E-state index contributed by atoms with van der Waals surface area (Å²) in [4.78, 5) is 27.0.